The summed E-state index contributed by atoms with van der Waals surface area (Å²) in [5.41, 5.74) is 0.449. The van der Waals surface area contributed by atoms with Crippen LogP contribution in [0.15, 0.2) is 42.4 Å². The molecule has 1 aliphatic rings. The zero-order valence-electron chi connectivity index (χ0n) is 10.2. The van der Waals surface area contributed by atoms with Crippen LogP contribution in [0.5, 0.6) is 0 Å². The standard InChI is InChI=1S/C13H16BF3N/c1-11(14(15,16)17)9-18(13-7-8-13)10-12-5-3-2-4-6-12/h2-6,13H,1,7-10H2/q-1. The highest BCUT2D eigenvalue weighted by atomic mass is 19.4. The predicted molar refractivity (Wildman–Crippen MR) is 68.1 cm³/mol. The lowest BCUT2D eigenvalue weighted by molar-refractivity contribution is 0.276. The van der Waals surface area contributed by atoms with Crippen LogP contribution in [0.2, 0.25) is 0 Å². The molecular formula is C13H16BF3N-. The summed E-state index contributed by atoms with van der Waals surface area (Å²) in [7, 11) is 0. The van der Waals surface area contributed by atoms with E-state index in [0.717, 1.165) is 18.4 Å². The molecule has 0 aromatic heterocycles. The molecule has 0 unspecified atom stereocenters. The SMILES string of the molecule is C=C(CN(Cc1ccccc1)C1CC1)[B-](F)(F)F. The van der Waals surface area contributed by atoms with Crippen LogP contribution in [0.4, 0.5) is 12.9 Å². The van der Waals surface area contributed by atoms with Crippen LogP contribution in [-0.2, 0) is 6.54 Å². The van der Waals surface area contributed by atoms with Gasteiger partial charge in [0, 0.05) is 12.6 Å². The number of hydrogen-bond donors (Lipinski definition) is 0. The Labute approximate surface area is 105 Å². The summed E-state index contributed by atoms with van der Waals surface area (Å²) in [6.45, 7) is -1.24. The topological polar surface area (TPSA) is 3.24 Å². The number of hydrogen-bond acceptors (Lipinski definition) is 1. The summed E-state index contributed by atoms with van der Waals surface area (Å²) in [6.07, 6.45) is 1.98. The Morgan fingerprint density at radius 3 is 2.33 bits per heavy atom. The fourth-order valence-corrected chi connectivity index (χ4v) is 1.94. The van der Waals surface area contributed by atoms with E-state index in [9.17, 15) is 12.9 Å². The van der Waals surface area contributed by atoms with Crippen molar-refractivity contribution in [2.75, 3.05) is 6.54 Å². The molecule has 0 atom stereocenters. The van der Waals surface area contributed by atoms with Gasteiger partial charge in [0.15, 0.2) is 0 Å². The van der Waals surface area contributed by atoms with Gasteiger partial charge in [-0.2, -0.15) is 0 Å². The average molecular weight is 254 g/mol. The van der Waals surface area contributed by atoms with Gasteiger partial charge in [-0.3, -0.25) is 4.90 Å². The molecule has 2 rings (SSSR count). The van der Waals surface area contributed by atoms with Gasteiger partial charge in [-0.25, -0.2) is 0 Å². The molecule has 0 spiro atoms. The molecule has 0 radical (unpaired) electrons. The highest BCUT2D eigenvalue weighted by molar-refractivity contribution is 6.66. The molecule has 1 saturated carbocycles. The molecule has 0 bridgehead atoms. The van der Waals surface area contributed by atoms with Crippen molar-refractivity contribution >= 4 is 6.98 Å². The van der Waals surface area contributed by atoms with Gasteiger partial charge in [0.2, 0.25) is 0 Å². The van der Waals surface area contributed by atoms with Crippen LogP contribution >= 0.6 is 0 Å². The lowest BCUT2D eigenvalue weighted by atomic mass is 9.80. The third-order valence-corrected chi connectivity index (χ3v) is 3.16. The maximum absolute atomic E-state index is 12.6. The van der Waals surface area contributed by atoms with Gasteiger partial charge in [-0.05, 0) is 24.9 Å². The van der Waals surface area contributed by atoms with Crippen molar-refractivity contribution in [3.8, 4) is 0 Å². The molecule has 0 aliphatic heterocycles. The van der Waals surface area contributed by atoms with E-state index in [1.54, 1.807) is 0 Å². The Kier molecular flexibility index (Phi) is 3.80. The smallest absolute Gasteiger partial charge is 0.445 e. The number of halogens is 3. The average Bonchev–Trinajstić information content (AvgIpc) is 3.12. The van der Waals surface area contributed by atoms with Crippen LogP contribution in [0.1, 0.15) is 18.4 Å². The van der Waals surface area contributed by atoms with Gasteiger partial charge in [0.1, 0.15) is 0 Å². The summed E-state index contributed by atoms with van der Waals surface area (Å²) in [4.78, 5) is 1.88. The zero-order valence-corrected chi connectivity index (χ0v) is 10.2. The molecule has 0 amide bonds. The minimum absolute atomic E-state index is 0.0664. The van der Waals surface area contributed by atoms with E-state index in [1.165, 1.54) is 0 Å². The number of rotatable bonds is 6. The Bertz CT molecular complexity index is 412. The third kappa shape index (κ3) is 3.63. The second kappa shape index (κ2) is 5.18. The first-order valence-electron chi connectivity index (χ1n) is 6.12. The third-order valence-electron chi connectivity index (χ3n) is 3.16. The lowest BCUT2D eigenvalue weighted by Crippen LogP contribution is -2.33. The highest BCUT2D eigenvalue weighted by Crippen LogP contribution is 2.30. The minimum atomic E-state index is -4.92. The van der Waals surface area contributed by atoms with Crippen LogP contribution in [0, 0.1) is 0 Å². The van der Waals surface area contributed by atoms with Crippen LogP contribution in [0.25, 0.3) is 0 Å². The van der Waals surface area contributed by atoms with Gasteiger partial charge in [0.05, 0.1) is 0 Å². The van der Waals surface area contributed by atoms with Crippen molar-refractivity contribution in [2.24, 2.45) is 0 Å². The second-order valence-electron chi connectivity index (χ2n) is 4.85. The quantitative estimate of drug-likeness (QED) is 0.701. The number of nitrogens with zero attached hydrogens (tertiary/aromatic N) is 1. The van der Waals surface area contributed by atoms with Crippen molar-refractivity contribution in [3.63, 3.8) is 0 Å². The summed E-state index contributed by atoms with van der Waals surface area (Å²) in [6, 6.07) is 9.89. The van der Waals surface area contributed by atoms with Gasteiger partial charge in [0.25, 0.3) is 0 Å². The number of benzene rings is 1. The van der Waals surface area contributed by atoms with Gasteiger partial charge < -0.3 is 12.9 Å². The van der Waals surface area contributed by atoms with E-state index in [2.05, 4.69) is 6.58 Å². The molecule has 1 aliphatic carbocycles. The maximum atomic E-state index is 12.6. The minimum Gasteiger partial charge on any atom is -0.445 e. The van der Waals surface area contributed by atoms with E-state index >= 15 is 0 Å². The summed E-state index contributed by atoms with van der Waals surface area (Å²) in [5.74, 6) is 0. The fraction of sp³-hybridized carbons (Fsp3) is 0.385. The molecule has 1 fully saturated rings. The zero-order chi connectivity index (χ0) is 13.2. The van der Waals surface area contributed by atoms with Crippen molar-refractivity contribution in [2.45, 2.75) is 25.4 Å². The van der Waals surface area contributed by atoms with Crippen molar-refractivity contribution < 1.29 is 12.9 Å². The van der Waals surface area contributed by atoms with Crippen molar-refractivity contribution in [1.82, 2.24) is 4.90 Å². The maximum Gasteiger partial charge on any atom is 0.506 e. The molecule has 1 nitrogen and oxygen atoms in total. The largest absolute Gasteiger partial charge is 0.506 e. The Morgan fingerprint density at radius 1 is 1.22 bits per heavy atom. The molecule has 98 valence electrons. The Hall–Kier alpha value is -1.23. The van der Waals surface area contributed by atoms with Crippen LogP contribution in [-0.4, -0.2) is 24.5 Å². The van der Waals surface area contributed by atoms with Gasteiger partial charge >= 0.3 is 6.98 Å². The Balaban J connectivity index is 1.99. The molecular weight excluding hydrogens is 238 g/mol. The first-order valence-corrected chi connectivity index (χ1v) is 6.12. The summed E-state index contributed by atoms with van der Waals surface area (Å²) < 4.78 is 37.7. The molecule has 0 saturated heterocycles. The van der Waals surface area contributed by atoms with Crippen LogP contribution in [0.3, 0.4) is 0 Å². The first-order chi connectivity index (χ1) is 8.47. The summed E-state index contributed by atoms with van der Waals surface area (Å²) in [5, 5.41) is 0. The summed E-state index contributed by atoms with van der Waals surface area (Å²) >= 11 is 0. The molecule has 0 heterocycles. The van der Waals surface area contributed by atoms with Gasteiger partial charge in [-0.1, -0.05) is 30.3 Å². The van der Waals surface area contributed by atoms with Crippen molar-refractivity contribution in [3.05, 3.63) is 47.9 Å². The molecule has 1 aromatic rings. The molecule has 0 N–H and O–H groups in total. The molecule has 1 aromatic carbocycles. The first kappa shape index (κ1) is 13.2. The lowest BCUT2D eigenvalue weighted by Gasteiger charge is -2.27. The fourth-order valence-electron chi connectivity index (χ4n) is 1.94. The van der Waals surface area contributed by atoms with Gasteiger partial charge in [-0.15, -0.1) is 12.1 Å². The second-order valence-corrected chi connectivity index (χ2v) is 4.85. The van der Waals surface area contributed by atoms with E-state index in [4.69, 9.17) is 0 Å². The van der Waals surface area contributed by atoms with Crippen molar-refractivity contribution in [1.29, 1.82) is 0 Å². The van der Waals surface area contributed by atoms with E-state index in [0.29, 0.717) is 12.6 Å². The predicted octanol–water partition coefficient (Wildman–Crippen LogP) is 3.59. The monoisotopic (exact) mass is 254 g/mol. The van der Waals surface area contributed by atoms with E-state index in [1.807, 2.05) is 35.2 Å². The van der Waals surface area contributed by atoms with E-state index < -0.39 is 12.4 Å². The van der Waals surface area contributed by atoms with E-state index in [-0.39, 0.29) is 6.54 Å². The molecule has 18 heavy (non-hydrogen) atoms. The normalized spacial score (nSPS) is 16.0. The highest BCUT2D eigenvalue weighted by Gasteiger charge is 2.33. The van der Waals surface area contributed by atoms with Crippen LogP contribution < -0.4 is 0 Å². The Morgan fingerprint density at radius 2 is 1.83 bits per heavy atom. The molecule has 5 heteroatoms.